The third-order valence-electron chi connectivity index (χ3n) is 3.97. The van der Waals surface area contributed by atoms with Crippen LogP contribution in [0, 0.1) is 0 Å². The summed E-state index contributed by atoms with van der Waals surface area (Å²) >= 11 is 0. The van der Waals surface area contributed by atoms with Gasteiger partial charge in [0.25, 0.3) is 0 Å². The van der Waals surface area contributed by atoms with E-state index in [1.165, 1.54) is 0 Å². The van der Waals surface area contributed by atoms with Gasteiger partial charge in [0, 0.05) is 25.7 Å². The van der Waals surface area contributed by atoms with Crippen molar-refractivity contribution >= 4 is 11.9 Å². The Morgan fingerprint density at radius 3 is 2.48 bits per heavy atom. The van der Waals surface area contributed by atoms with E-state index in [0.29, 0.717) is 25.2 Å². The fraction of sp³-hybridized carbons (Fsp3) is 0.857. The quantitative estimate of drug-likeness (QED) is 0.573. The van der Waals surface area contributed by atoms with Crippen LogP contribution in [0.2, 0.25) is 0 Å². The lowest BCUT2D eigenvalue weighted by Crippen LogP contribution is -2.47. The Morgan fingerprint density at radius 1 is 1.24 bits per heavy atom. The zero-order chi connectivity index (χ0) is 15.7. The second kappa shape index (κ2) is 9.70. The minimum absolute atomic E-state index is 0.243. The summed E-state index contributed by atoms with van der Waals surface area (Å²) in [6.45, 7) is 1.06. The first-order chi connectivity index (χ1) is 10.1. The summed E-state index contributed by atoms with van der Waals surface area (Å²) in [6.07, 6.45) is 4.42. The molecular weight excluding hydrogens is 272 g/mol. The van der Waals surface area contributed by atoms with Crippen LogP contribution in [0.1, 0.15) is 25.7 Å². The number of carbonyl (C=O) groups excluding carboxylic acids is 2. The monoisotopic (exact) mass is 300 g/mol. The second-order valence-corrected chi connectivity index (χ2v) is 5.51. The van der Waals surface area contributed by atoms with Gasteiger partial charge in [0.2, 0.25) is 5.91 Å². The number of hydrogen-bond donors (Lipinski definition) is 3. The molecule has 0 aliphatic heterocycles. The molecule has 3 amide bonds. The van der Waals surface area contributed by atoms with Gasteiger partial charge in [-0.15, -0.1) is 0 Å². The second-order valence-electron chi connectivity index (χ2n) is 5.51. The molecule has 0 heterocycles. The normalized spacial score (nSPS) is 22.1. The lowest BCUT2D eigenvalue weighted by molar-refractivity contribution is -0.121. The molecule has 0 atom stereocenters. The molecule has 0 saturated heterocycles. The molecule has 0 aromatic carbocycles. The van der Waals surface area contributed by atoms with Gasteiger partial charge in [-0.25, -0.2) is 4.79 Å². The minimum atomic E-state index is -0.468. The van der Waals surface area contributed by atoms with Gasteiger partial charge in [-0.3, -0.25) is 15.0 Å². The summed E-state index contributed by atoms with van der Waals surface area (Å²) in [4.78, 5) is 25.3. The molecule has 1 aliphatic carbocycles. The third-order valence-corrected chi connectivity index (χ3v) is 3.97. The summed E-state index contributed by atoms with van der Waals surface area (Å²) < 4.78 is 4.82. The van der Waals surface area contributed by atoms with E-state index in [9.17, 15) is 9.59 Å². The van der Waals surface area contributed by atoms with Crippen LogP contribution >= 0.6 is 0 Å². The molecule has 1 fully saturated rings. The number of nitrogens with zero attached hydrogens (tertiary/aromatic N) is 1. The molecule has 1 rings (SSSR count). The number of amides is 3. The summed E-state index contributed by atoms with van der Waals surface area (Å²) in [5.74, 6) is -0.275. The lowest BCUT2D eigenvalue weighted by Gasteiger charge is -2.34. The Balaban J connectivity index is 2.23. The molecule has 0 radical (unpaired) electrons. The average molecular weight is 300 g/mol. The average Bonchev–Trinajstić information content (AvgIpc) is 2.47. The number of rotatable bonds is 7. The molecule has 0 spiro atoms. The molecule has 7 heteroatoms. The number of urea groups is 1. The van der Waals surface area contributed by atoms with Gasteiger partial charge in [0.15, 0.2) is 0 Å². The van der Waals surface area contributed by atoms with Crippen molar-refractivity contribution in [2.24, 2.45) is 0 Å². The van der Waals surface area contributed by atoms with Crippen LogP contribution in [-0.2, 0) is 9.53 Å². The van der Waals surface area contributed by atoms with Crippen molar-refractivity contribution in [2.75, 3.05) is 40.9 Å². The predicted octanol–water partition coefficient (Wildman–Crippen LogP) is -0.0790. The highest BCUT2D eigenvalue weighted by Gasteiger charge is 2.24. The number of imide groups is 1. The zero-order valence-electron chi connectivity index (χ0n) is 13.3. The Hall–Kier alpha value is -1.18. The van der Waals surface area contributed by atoms with Crippen LogP contribution in [0.4, 0.5) is 4.79 Å². The minimum Gasteiger partial charge on any atom is -0.383 e. The van der Waals surface area contributed by atoms with Crippen molar-refractivity contribution in [3.8, 4) is 0 Å². The summed E-state index contributed by atoms with van der Waals surface area (Å²) in [7, 11) is 5.49. The Bertz CT molecular complexity index is 330. The van der Waals surface area contributed by atoms with Gasteiger partial charge in [0.1, 0.15) is 0 Å². The molecule has 0 aromatic heterocycles. The smallest absolute Gasteiger partial charge is 0.321 e. The largest absolute Gasteiger partial charge is 0.383 e. The van der Waals surface area contributed by atoms with Crippen molar-refractivity contribution in [1.82, 2.24) is 20.9 Å². The third kappa shape index (κ3) is 6.88. The Labute approximate surface area is 126 Å². The molecule has 122 valence electrons. The summed E-state index contributed by atoms with van der Waals surface area (Å²) in [5, 5.41) is 8.18. The highest BCUT2D eigenvalue weighted by atomic mass is 16.5. The molecule has 0 unspecified atom stereocenters. The molecular formula is C14H28N4O3. The maximum atomic E-state index is 11.8. The van der Waals surface area contributed by atoms with Crippen LogP contribution in [0.3, 0.4) is 0 Å². The van der Waals surface area contributed by atoms with Crippen molar-refractivity contribution < 1.29 is 14.3 Å². The maximum absolute atomic E-state index is 11.8. The van der Waals surface area contributed by atoms with E-state index in [0.717, 1.165) is 25.7 Å². The van der Waals surface area contributed by atoms with Gasteiger partial charge >= 0.3 is 6.03 Å². The van der Waals surface area contributed by atoms with E-state index in [1.54, 1.807) is 7.11 Å². The number of hydrogen-bond acceptors (Lipinski definition) is 5. The van der Waals surface area contributed by atoms with Crippen LogP contribution in [0.5, 0.6) is 0 Å². The van der Waals surface area contributed by atoms with Gasteiger partial charge in [0.05, 0.1) is 13.2 Å². The van der Waals surface area contributed by atoms with Crippen LogP contribution in [0.25, 0.3) is 0 Å². The fourth-order valence-electron chi connectivity index (χ4n) is 2.64. The van der Waals surface area contributed by atoms with Crippen molar-refractivity contribution in [3.05, 3.63) is 0 Å². The first-order valence-electron chi connectivity index (χ1n) is 7.51. The lowest BCUT2D eigenvalue weighted by atomic mass is 9.90. The fourth-order valence-corrected chi connectivity index (χ4v) is 2.64. The first-order valence-corrected chi connectivity index (χ1v) is 7.51. The van der Waals surface area contributed by atoms with E-state index in [-0.39, 0.29) is 12.5 Å². The number of ether oxygens (including phenoxy) is 1. The summed E-state index contributed by atoms with van der Waals surface area (Å²) in [5.41, 5.74) is 0. The molecule has 0 bridgehead atoms. The predicted molar refractivity (Wildman–Crippen MR) is 81.2 cm³/mol. The van der Waals surface area contributed by atoms with E-state index in [4.69, 9.17) is 4.74 Å². The molecule has 21 heavy (non-hydrogen) atoms. The van der Waals surface area contributed by atoms with E-state index >= 15 is 0 Å². The van der Waals surface area contributed by atoms with Crippen LogP contribution in [-0.4, -0.2) is 69.8 Å². The number of methoxy groups -OCH3 is 1. The SMILES string of the molecule is CNC1CCC(N(C)CC(=O)NC(=O)NCCOC)CC1. The van der Waals surface area contributed by atoms with E-state index < -0.39 is 6.03 Å². The number of nitrogens with one attached hydrogen (secondary N) is 3. The zero-order valence-corrected chi connectivity index (χ0v) is 13.3. The molecule has 0 aromatic rings. The molecule has 1 saturated carbocycles. The molecule has 7 nitrogen and oxygen atoms in total. The van der Waals surface area contributed by atoms with Crippen LogP contribution in [0.15, 0.2) is 0 Å². The highest BCUT2D eigenvalue weighted by molar-refractivity contribution is 5.95. The highest BCUT2D eigenvalue weighted by Crippen LogP contribution is 2.21. The molecule has 3 N–H and O–H groups in total. The van der Waals surface area contributed by atoms with E-state index in [2.05, 4.69) is 16.0 Å². The van der Waals surface area contributed by atoms with Crippen molar-refractivity contribution in [3.63, 3.8) is 0 Å². The molecule has 1 aliphatic rings. The Morgan fingerprint density at radius 2 is 1.90 bits per heavy atom. The van der Waals surface area contributed by atoms with Gasteiger partial charge < -0.3 is 15.4 Å². The van der Waals surface area contributed by atoms with Gasteiger partial charge in [-0.05, 0) is 39.8 Å². The Kier molecular flexibility index (Phi) is 8.26. The van der Waals surface area contributed by atoms with Gasteiger partial charge in [-0.1, -0.05) is 0 Å². The van der Waals surface area contributed by atoms with Gasteiger partial charge in [-0.2, -0.15) is 0 Å². The summed E-state index contributed by atoms with van der Waals surface area (Å²) in [6, 6.07) is 0.538. The van der Waals surface area contributed by atoms with Crippen molar-refractivity contribution in [1.29, 1.82) is 0 Å². The number of likely N-dealkylation sites (N-methyl/N-ethyl adjacent to an activating group) is 1. The standard InChI is InChI=1S/C14H28N4O3/c1-15-11-4-6-12(7-5-11)18(2)10-13(19)17-14(20)16-8-9-21-3/h11-12,15H,4-10H2,1-3H3,(H2,16,17,19,20). The van der Waals surface area contributed by atoms with Crippen molar-refractivity contribution in [2.45, 2.75) is 37.8 Å². The first kappa shape index (κ1) is 17.9. The van der Waals surface area contributed by atoms with Crippen LogP contribution < -0.4 is 16.0 Å². The van der Waals surface area contributed by atoms with E-state index in [1.807, 2.05) is 19.0 Å². The maximum Gasteiger partial charge on any atom is 0.321 e. The number of carbonyl (C=O) groups is 2. The topological polar surface area (TPSA) is 82.7 Å².